The Hall–Kier alpha value is -1.00. The molecule has 0 saturated heterocycles. The number of aryl methyl sites for hydroxylation is 1. The topological polar surface area (TPSA) is 47.0 Å². The van der Waals surface area contributed by atoms with Crippen LogP contribution in [0.1, 0.15) is 75.0 Å². The van der Waals surface area contributed by atoms with Crippen LogP contribution in [-0.2, 0) is 16.8 Å². The molecule has 0 spiro atoms. The first-order valence-electron chi connectivity index (χ1n) is 8.44. The van der Waals surface area contributed by atoms with Crippen LogP contribution in [0.4, 0.5) is 0 Å². The maximum Gasteiger partial charge on any atom is 0.160 e. The predicted molar refractivity (Wildman–Crippen MR) is 83.2 cm³/mol. The van der Waals surface area contributed by atoms with Crippen LogP contribution in [0.5, 0.6) is 0 Å². The van der Waals surface area contributed by atoms with Crippen molar-refractivity contribution in [3.63, 3.8) is 0 Å². The van der Waals surface area contributed by atoms with Crippen molar-refractivity contribution >= 4 is 0 Å². The highest BCUT2D eigenvalue weighted by Crippen LogP contribution is 2.40. The van der Waals surface area contributed by atoms with E-state index in [4.69, 9.17) is 14.7 Å². The van der Waals surface area contributed by atoms with Gasteiger partial charge in [0.15, 0.2) is 5.82 Å². The summed E-state index contributed by atoms with van der Waals surface area (Å²) in [4.78, 5) is 9.62. The number of hydrogen-bond donors (Lipinski definition) is 1. The van der Waals surface area contributed by atoms with Gasteiger partial charge in [0.2, 0.25) is 0 Å². The first kappa shape index (κ1) is 14.9. The van der Waals surface area contributed by atoms with E-state index in [2.05, 4.69) is 18.4 Å². The second-order valence-corrected chi connectivity index (χ2v) is 6.40. The summed E-state index contributed by atoms with van der Waals surface area (Å²) in [7, 11) is 1.81. The van der Waals surface area contributed by atoms with Crippen molar-refractivity contribution in [1.29, 1.82) is 0 Å². The molecule has 1 saturated carbocycles. The number of hydrogen-bond acceptors (Lipinski definition) is 4. The fraction of sp³-hybridized carbons (Fsp3) is 0.765. The molecule has 0 bridgehead atoms. The second-order valence-electron chi connectivity index (χ2n) is 6.40. The second kappa shape index (κ2) is 6.41. The molecular weight excluding hydrogens is 262 g/mol. The van der Waals surface area contributed by atoms with Crippen molar-refractivity contribution in [3.8, 4) is 0 Å². The van der Waals surface area contributed by atoms with Gasteiger partial charge in [0.1, 0.15) is 5.60 Å². The zero-order valence-electron chi connectivity index (χ0n) is 13.3. The van der Waals surface area contributed by atoms with Crippen LogP contribution < -0.4 is 5.32 Å². The molecule has 0 amide bonds. The summed E-state index contributed by atoms with van der Waals surface area (Å²) >= 11 is 0. The molecule has 3 rings (SSSR count). The van der Waals surface area contributed by atoms with E-state index in [1.807, 2.05) is 0 Å². The van der Waals surface area contributed by atoms with E-state index in [0.29, 0.717) is 6.04 Å². The summed E-state index contributed by atoms with van der Waals surface area (Å²) in [5, 5.41) is 3.63. The molecule has 4 nitrogen and oxygen atoms in total. The quantitative estimate of drug-likeness (QED) is 0.903. The number of nitrogens with one attached hydrogen (secondary N) is 1. The first-order chi connectivity index (χ1) is 10.3. The molecule has 0 radical (unpaired) electrons. The minimum Gasteiger partial charge on any atom is -0.370 e. The fourth-order valence-corrected chi connectivity index (χ4v) is 3.76. The van der Waals surface area contributed by atoms with Crippen molar-refractivity contribution in [2.75, 3.05) is 13.7 Å². The Balaban J connectivity index is 1.87. The third-order valence-corrected chi connectivity index (χ3v) is 5.03. The average Bonchev–Trinajstić information content (AvgIpc) is 3.02. The summed E-state index contributed by atoms with van der Waals surface area (Å²) < 4.78 is 5.83. The average molecular weight is 289 g/mol. The van der Waals surface area contributed by atoms with Gasteiger partial charge in [0, 0.05) is 30.6 Å². The lowest BCUT2D eigenvalue weighted by molar-refractivity contribution is -0.0165. The molecule has 21 heavy (non-hydrogen) atoms. The molecular formula is C17H27N3O. The zero-order valence-corrected chi connectivity index (χ0v) is 13.3. The van der Waals surface area contributed by atoms with Crippen LogP contribution >= 0.6 is 0 Å². The van der Waals surface area contributed by atoms with Gasteiger partial charge in [-0.1, -0.05) is 6.92 Å². The number of methoxy groups -OCH3 is 1. The van der Waals surface area contributed by atoms with E-state index >= 15 is 0 Å². The molecule has 1 atom stereocenters. The SMILES string of the molecule is CCCNC1CCCc2nc(C3(OC)CCCC3)ncc21. The third kappa shape index (κ3) is 2.84. The van der Waals surface area contributed by atoms with E-state index in [-0.39, 0.29) is 5.60 Å². The minimum atomic E-state index is -0.223. The number of aromatic nitrogens is 2. The van der Waals surface area contributed by atoms with Gasteiger partial charge in [0.25, 0.3) is 0 Å². The molecule has 2 aliphatic carbocycles. The smallest absolute Gasteiger partial charge is 0.160 e. The fourth-order valence-electron chi connectivity index (χ4n) is 3.76. The molecule has 0 aromatic carbocycles. The number of rotatable bonds is 5. The van der Waals surface area contributed by atoms with Gasteiger partial charge in [-0.2, -0.15) is 0 Å². The molecule has 0 aliphatic heterocycles. The van der Waals surface area contributed by atoms with E-state index in [1.54, 1.807) is 7.11 Å². The van der Waals surface area contributed by atoms with Crippen LogP contribution in [0.3, 0.4) is 0 Å². The molecule has 116 valence electrons. The standard InChI is InChI=1S/C17H27N3O/c1-3-11-18-14-7-6-8-15-13(14)12-19-16(20-15)17(21-2)9-4-5-10-17/h12,14,18H,3-11H2,1-2H3. The lowest BCUT2D eigenvalue weighted by Gasteiger charge is -2.29. The van der Waals surface area contributed by atoms with Crippen molar-refractivity contribution in [2.24, 2.45) is 0 Å². The van der Waals surface area contributed by atoms with Gasteiger partial charge in [-0.05, 0) is 57.9 Å². The number of nitrogens with zero attached hydrogens (tertiary/aromatic N) is 2. The molecule has 2 aliphatic rings. The van der Waals surface area contributed by atoms with Crippen LogP contribution in [0.25, 0.3) is 0 Å². The van der Waals surface area contributed by atoms with E-state index in [1.165, 1.54) is 36.9 Å². The highest BCUT2D eigenvalue weighted by molar-refractivity contribution is 5.26. The Morgan fingerprint density at radius 1 is 1.33 bits per heavy atom. The van der Waals surface area contributed by atoms with Crippen LogP contribution in [0.15, 0.2) is 6.20 Å². The monoisotopic (exact) mass is 289 g/mol. The molecule has 1 unspecified atom stereocenters. The molecule has 1 aromatic heterocycles. The highest BCUT2D eigenvalue weighted by atomic mass is 16.5. The van der Waals surface area contributed by atoms with Crippen molar-refractivity contribution in [3.05, 3.63) is 23.3 Å². The summed E-state index contributed by atoms with van der Waals surface area (Å²) in [5.74, 6) is 0.914. The van der Waals surface area contributed by atoms with E-state index in [0.717, 1.165) is 38.1 Å². The van der Waals surface area contributed by atoms with Gasteiger partial charge < -0.3 is 10.1 Å². The Morgan fingerprint density at radius 2 is 2.14 bits per heavy atom. The maximum atomic E-state index is 5.83. The largest absolute Gasteiger partial charge is 0.370 e. The lowest BCUT2D eigenvalue weighted by Crippen LogP contribution is -2.31. The Labute approximate surface area is 127 Å². The van der Waals surface area contributed by atoms with Gasteiger partial charge in [0.05, 0.1) is 0 Å². The Morgan fingerprint density at radius 3 is 2.86 bits per heavy atom. The molecule has 1 aromatic rings. The van der Waals surface area contributed by atoms with E-state index < -0.39 is 0 Å². The summed E-state index contributed by atoms with van der Waals surface area (Å²) in [6.45, 7) is 3.27. The van der Waals surface area contributed by atoms with Gasteiger partial charge in [-0.25, -0.2) is 9.97 Å². The predicted octanol–water partition coefficient (Wildman–Crippen LogP) is 3.27. The van der Waals surface area contributed by atoms with Crippen LogP contribution in [-0.4, -0.2) is 23.6 Å². The van der Waals surface area contributed by atoms with Gasteiger partial charge in [-0.3, -0.25) is 0 Å². The van der Waals surface area contributed by atoms with Crippen LogP contribution in [0, 0.1) is 0 Å². The summed E-state index contributed by atoms with van der Waals surface area (Å²) in [6.07, 6.45) is 11.3. The normalized spacial score (nSPS) is 24.0. The number of ether oxygens (including phenoxy) is 1. The van der Waals surface area contributed by atoms with Crippen molar-refractivity contribution < 1.29 is 4.74 Å². The Kier molecular flexibility index (Phi) is 4.55. The first-order valence-corrected chi connectivity index (χ1v) is 8.44. The molecule has 1 heterocycles. The van der Waals surface area contributed by atoms with Crippen molar-refractivity contribution in [2.45, 2.75) is 69.9 Å². The minimum absolute atomic E-state index is 0.223. The van der Waals surface area contributed by atoms with Gasteiger partial charge in [-0.15, -0.1) is 0 Å². The number of fused-ring (bicyclic) bond motifs is 1. The van der Waals surface area contributed by atoms with Gasteiger partial charge >= 0.3 is 0 Å². The summed E-state index contributed by atoms with van der Waals surface area (Å²) in [6, 6.07) is 0.435. The molecule has 1 N–H and O–H groups in total. The van der Waals surface area contributed by atoms with Crippen LogP contribution in [0.2, 0.25) is 0 Å². The molecule has 1 fully saturated rings. The maximum absolute atomic E-state index is 5.83. The summed E-state index contributed by atoms with van der Waals surface area (Å²) in [5.41, 5.74) is 2.32. The highest BCUT2D eigenvalue weighted by Gasteiger charge is 2.39. The van der Waals surface area contributed by atoms with Crippen molar-refractivity contribution in [1.82, 2.24) is 15.3 Å². The molecule has 4 heteroatoms. The lowest BCUT2D eigenvalue weighted by atomic mass is 9.91. The third-order valence-electron chi connectivity index (χ3n) is 5.03. The zero-order chi connectivity index (χ0) is 14.7. The van der Waals surface area contributed by atoms with E-state index in [9.17, 15) is 0 Å². The Bertz CT molecular complexity index is 483.